The number of benzene rings is 1. The van der Waals surface area contributed by atoms with Gasteiger partial charge >= 0.3 is 0 Å². The van der Waals surface area contributed by atoms with Gasteiger partial charge in [0.05, 0.1) is 24.0 Å². The molecule has 0 radical (unpaired) electrons. The fraction of sp³-hybridized carbons (Fsp3) is 0.312. The van der Waals surface area contributed by atoms with Crippen molar-refractivity contribution in [1.82, 2.24) is 14.9 Å². The van der Waals surface area contributed by atoms with Crippen molar-refractivity contribution >= 4 is 5.91 Å². The molecule has 2 atom stereocenters. The highest BCUT2D eigenvalue weighted by atomic mass is 19.2. The monoisotopic (exact) mass is 319 g/mol. The van der Waals surface area contributed by atoms with Crippen LogP contribution in [0.4, 0.5) is 8.78 Å². The summed E-state index contributed by atoms with van der Waals surface area (Å²) in [5.74, 6) is -2.33. The van der Waals surface area contributed by atoms with Gasteiger partial charge in [-0.1, -0.05) is 6.07 Å². The third kappa shape index (κ3) is 3.05. The maximum atomic E-state index is 13.5. The second-order valence-electron chi connectivity index (χ2n) is 5.58. The Morgan fingerprint density at radius 2 is 2.04 bits per heavy atom. The van der Waals surface area contributed by atoms with Crippen molar-refractivity contribution in [2.75, 3.05) is 6.54 Å². The van der Waals surface area contributed by atoms with E-state index in [1.54, 1.807) is 6.92 Å². The van der Waals surface area contributed by atoms with Gasteiger partial charge in [-0.15, -0.1) is 0 Å². The van der Waals surface area contributed by atoms with Crippen LogP contribution in [0.5, 0.6) is 0 Å². The number of hydrogen-bond donors (Lipinski definition) is 1. The van der Waals surface area contributed by atoms with E-state index >= 15 is 0 Å². The Labute approximate surface area is 131 Å². The molecule has 0 spiro atoms. The first kappa shape index (κ1) is 15.5. The third-order valence-corrected chi connectivity index (χ3v) is 3.87. The van der Waals surface area contributed by atoms with Gasteiger partial charge in [0.1, 0.15) is 5.69 Å². The second-order valence-corrected chi connectivity index (χ2v) is 5.58. The van der Waals surface area contributed by atoms with Crippen molar-refractivity contribution in [2.45, 2.75) is 25.5 Å². The van der Waals surface area contributed by atoms with Gasteiger partial charge in [-0.25, -0.2) is 13.8 Å². The summed E-state index contributed by atoms with van der Waals surface area (Å²) in [6.07, 6.45) is 2.38. The fourth-order valence-corrected chi connectivity index (χ4v) is 2.72. The van der Waals surface area contributed by atoms with E-state index < -0.39 is 29.7 Å². The standard InChI is InChI=1S/C16H15F2N3O2/c1-9-6-20-14(7-19-9)16(23)21-8-11(22)5-15(21)10-2-3-12(17)13(18)4-10/h2-4,6-7,11,15,22H,5,8H2,1H3/t11-,15+/m1/s1. The molecule has 1 saturated heterocycles. The fourth-order valence-electron chi connectivity index (χ4n) is 2.72. The predicted molar refractivity (Wildman–Crippen MR) is 77.5 cm³/mol. The Kier molecular flexibility index (Phi) is 4.04. The molecule has 1 amide bonds. The number of nitrogens with zero attached hydrogens (tertiary/aromatic N) is 3. The number of carbonyl (C=O) groups is 1. The first-order valence-electron chi connectivity index (χ1n) is 7.18. The lowest BCUT2D eigenvalue weighted by Crippen LogP contribution is -2.32. The van der Waals surface area contributed by atoms with Crippen LogP contribution in [-0.4, -0.2) is 38.5 Å². The number of rotatable bonds is 2. The molecule has 0 saturated carbocycles. The Morgan fingerprint density at radius 1 is 1.26 bits per heavy atom. The summed E-state index contributed by atoms with van der Waals surface area (Å²) in [6, 6.07) is 2.96. The molecule has 23 heavy (non-hydrogen) atoms. The average molecular weight is 319 g/mol. The molecular formula is C16H15F2N3O2. The molecule has 0 bridgehead atoms. The van der Waals surface area contributed by atoms with Crippen LogP contribution >= 0.6 is 0 Å². The number of aliphatic hydroxyl groups is 1. The van der Waals surface area contributed by atoms with E-state index in [-0.39, 0.29) is 18.7 Å². The average Bonchev–Trinajstić information content (AvgIpc) is 2.92. The van der Waals surface area contributed by atoms with Crippen LogP contribution in [-0.2, 0) is 0 Å². The normalized spacial score (nSPS) is 20.8. The second kappa shape index (κ2) is 6.00. The van der Waals surface area contributed by atoms with E-state index in [0.29, 0.717) is 11.3 Å². The van der Waals surface area contributed by atoms with Crippen LogP contribution in [0.3, 0.4) is 0 Å². The Balaban J connectivity index is 1.91. The summed E-state index contributed by atoms with van der Waals surface area (Å²) >= 11 is 0. The molecule has 2 aromatic rings. The van der Waals surface area contributed by atoms with Crippen molar-refractivity contribution in [3.05, 3.63) is 59.2 Å². The number of amides is 1. The van der Waals surface area contributed by atoms with Crippen LogP contribution in [0.2, 0.25) is 0 Å². The minimum atomic E-state index is -0.980. The minimum absolute atomic E-state index is 0.109. The van der Waals surface area contributed by atoms with Gasteiger partial charge in [0.2, 0.25) is 0 Å². The molecule has 0 unspecified atom stereocenters. The van der Waals surface area contributed by atoms with Crippen LogP contribution in [0, 0.1) is 18.6 Å². The summed E-state index contributed by atoms with van der Waals surface area (Å²) in [5.41, 5.74) is 1.27. The molecule has 1 aliphatic rings. The van der Waals surface area contributed by atoms with Gasteiger partial charge in [-0.05, 0) is 31.0 Å². The van der Waals surface area contributed by atoms with Gasteiger partial charge in [0, 0.05) is 12.7 Å². The van der Waals surface area contributed by atoms with Crippen LogP contribution in [0.1, 0.15) is 34.2 Å². The molecule has 1 N–H and O–H groups in total. The van der Waals surface area contributed by atoms with E-state index in [1.807, 2.05) is 0 Å². The Hall–Kier alpha value is -2.41. The number of likely N-dealkylation sites (tertiary alicyclic amines) is 1. The van der Waals surface area contributed by atoms with Gasteiger partial charge < -0.3 is 10.0 Å². The highest BCUT2D eigenvalue weighted by molar-refractivity contribution is 5.92. The summed E-state index contributed by atoms with van der Waals surface area (Å²) in [5, 5.41) is 9.90. The summed E-state index contributed by atoms with van der Waals surface area (Å²) in [7, 11) is 0. The first-order valence-corrected chi connectivity index (χ1v) is 7.18. The van der Waals surface area contributed by atoms with Crippen molar-refractivity contribution in [1.29, 1.82) is 0 Å². The molecule has 1 fully saturated rings. The van der Waals surface area contributed by atoms with Crippen LogP contribution < -0.4 is 0 Å². The molecular weight excluding hydrogens is 304 g/mol. The van der Waals surface area contributed by atoms with Crippen molar-refractivity contribution in [2.24, 2.45) is 0 Å². The van der Waals surface area contributed by atoms with Gasteiger partial charge in [-0.2, -0.15) is 0 Å². The first-order chi connectivity index (χ1) is 11.0. The Morgan fingerprint density at radius 3 is 2.70 bits per heavy atom. The highest BCUT2D eigenvalue weighted by Gasteiger charge is 2.36. The number of hydrogen-bond acceptors (Lipinski definition) is 4. The lowest BCUT2D eigenvalue weighted by Gasteiger charge is -2.24. The maximum Gasteiger partial charge on any atom is 0.274 e. The molecule has 3 rings (SSSR count). The van der Waals surface area contributed by atoms with E-state index in [4.69, 9.17) is 0 Å². The topological polar surface area (TPSA) is 66.3 Å². The SMILES string of the molecule is Cc1cnc(C(=O)N2C[C@H](O)C[C@H]2c2ccc(F)c(F)c2)cn1. The number of halogens is 2. The maximum absolute atomic E-state index is 13.5. The molecule has 7 heteroatoms. The van der Waals surface area contributed by atoms with Gasteiger partial charge in [0.25, 0.3) is 5.91 Å². The number of aromatic nitrogens is 2. The zero-order valence-corrected chi connectivity index (χ0v) is 12.4. The van der Waals surface area contributed by atoms with Crippen molar-refractivity contribution < 1.29 is 18.7 Å². The Bertz CT molecular complexity index is 737. The van der Waals surface area contributed by atoms with Crippen molar-refractivity contribution in [3.63, 3.8) is 0 Å². The van der Waals surface area contributed by atoms with Crippen LogP contribution in [0.15, 0.2) is 30.6 Å². The number of β-amino-alcohol motifs (C(OH)–C–C–N with tert-alkyl or cyclic N) is 1. The number of aliphatic hydroxyl groups excluding tert-OH is 1. The lowest BCUT2D eigenvalue weighted by atomic mass is 10.0. The lowest BCUT2D eigenvalue weighted by molar-refractivity contribution is 0.0709. The molecule has 5 nitrogen and oxygen atoms in total. The van der Waals surface area contributed by atoms with Crippen LogP contribution in [0.25, 0.3) is 0 Å². The number of carbonyl (C=O) groups excluding carboxylic acids is 1. The van der Waals surface area contributed by atoms with Gasteiger partial charge in [-0.3, -0.25) is 9.78 Å². The van der Waals surface area contributed by atoms with E-state index in [1.165, 1.54) is 23.4 Å². The third-order valence-electron chi connectivity index (χ3n) is 3.87. The zero-order valence-electron chi connectivity index (χ0n) is 12.4. The number of aryl methyl sites for hydroxylation is 1. The molecule has 2 heterocycles. The minimum Gasteiger partial charge on any atom is -0.391 e. The van der Waals surface area contributed by atoms with E-state index in [2.05, 4.69) is 9.97 Å². The molecule has 1 aromatic heterocycles. The quantitative estimate of drug-likeness (QED) is 0.919. The zero-order chi connectivity index (χ0) is 16.6. The van der Waals surface area contributed by atoms with E-state index in [0.717, 1.165) is 12.1 Å². The largest absolute Gasteiger partial charge is 0.391 e. The van der Waals surface area contributed by atoms with Gasteiger partial charge in [0.15, 0.2) is 11.6 Å². The van der Waals surface area contributed by atoms with Crippen molar-refractivity contribution in [3.8, 4) is 0 Å². The summed E-state index contributed by atoms with van der Waals surface area (Å²) in [6.45, 7) is 1.86. The molecule has 1 aliphatic heterocycles. The highest BCUT2D eigenvalue weighted by Crippen LogP contribution is 2.33. The predicted octanol–water partition coefficient (Wildman–Crippen LogP) is 2.01. The van der Waals surface area contributed by atoms with E-state index in [9.17, 15) is 18.7 Å². The molecule has 0 aliphatic carbocycles. The smallest absolute Gasteiger partial charge is 0.274 e. The summed E-state index contributed by atoms with van der Waals surface area (Å²) in [4.78, 5) is 22.1. The molecule has 1 aromatic carbocycles. The summed E-state index contributed by atoms with van der Waals surface area (Å²) < 4.78 is 26.6. The molecule has 120 valence electrons.